The van der Waals surface area contributed by atoms with Crippen LogP contribution in [0.2, 0.25) is 0 Å². The van der Waals surface area contributed by atoms with Gasteiger partial charge in [-0.3, -0.25) is 0 Å². The number of hydrogen-bond donors (Lipinski definition) is 1. The molecule has 1 aromatic carbocycles. The summed E-state index contributed by atoms with van der Waals surface area (Å²) in [5, 5.41) is 5.58. The second-order valence-corrected chi connectivity index (χ2v) is 6.70. The van der Waals surface area contributed by atoms with Crippen LogP contribution in [0.15, 0.2) is 35.7 Å². The van der Waals surface area contributed by atoms with Gasteiger partial charge in [-0.05, 0) is 55.8 Å². The lowest BCUT2D eigenvalue weighted by atomic mass is 9.79. The van der Waals surface area contributed by atoms with Crippen LogP contribution in [-0.4, -0.2) is 14.2 Å². The molecule has 1 N–H and O–H groups in total. The monoisotopic (exact) mass is 301 g/mol. The van der Waals surface area contributed by atoms with Crippen molar-refractivity contribution in [3.63, 3.8) is 0 Å². The minimum absolute atomic E-state index is 0.412. The van der Waals surface area contributed by atoms with Crippen LogP contribution in [0.25, 0.3) is 0 Å². The van der Waals surface area contributed by atoms with Crippen LogP contribution >= 0.6 is 11.3 Å². The Morgan fingerprint density at radius 2 is 2.24 bits per heavy atom. The van der Waals surface area contributed by atoms with E-state index in [4.69, 9.17) is 4.74 Å². The van der Waals surface area contributed by atoms with E-state index in [1.165, 1.54) is 24.1 Å². The fourth-order valence-electron chi connectivity index (χ4n) is 3.38. The van der Waals surface area contributed by atoms with Gasteiger partial charge >= 0.3 is 0 Å². The highest BCUT2D eigenvalue weighted by atomic mass is 32.1. The summed E-state index contributed by atoms with van der Waals surface area (Å²) >= 11 is 1.79. The third-order valence-corrected chi connectivity index (χ3v) is 5.56. The van der Waals surface area contributed by atoms with Crippen LogP contribution in [0.5, 0.6) is 5.75 Å². The largest absolute Gasteiger partial charge is 0.496 e. The average molecular weight is 301 g/mol. The number of fused-ring (bicyclic) bond motifs is 1. The molecule has 21 heavy (non-hydrogen) atoms. The van der Waals surface area contributed by atoms with E-state index in [0.29, 0.717) is 12.0 Å². The van der Waals surface area contributed by atoms with Gasteiger partial charge < -0.3 is 10.1 Å². The molecule has 2 aromatic rings. The highest BCUT2D eigenvalue weighted by molar-refractivity contribution is 7.10. The van der Waals surface area contributed by atoms with Crippen molar-refractivity contribution in [2.24, 2.45) is 0 Å². The first-order valence-electron chi connectivity index (χ1n) is 7.69. The van der Waals surface area contributed by atoms with E-state index >= 15 is 0 Å². The summed E-state index contributed by atoms with van der Waals surface area (Å²) in [5.74, 6) is 1.64. The van der Waals surface area contributed by atoms with Gasteiger partial charge in [0.2, 0.25) is 0 Å². The van der Waals surface area contributed by atoms with Crippen molar-refractivity contribution in [1.82, 2.24) is 5.32 Å². The Bertz CT molecular complexity index is 592. The lowest BCUT2D eigenvalue weighted by molar-refractivity contribution is 0.414. The minimum atomic E-state index is 0.412. The van der Waals surface area contributed by atoms with Crippen molar-refractivity contribution in [2.45, 2.75) is 37.6 Å². The van der Waals surface area contributed by atoms with Gasteiger partial charge in [-0.25, -0.2) is 0 Å². The van der Waals surface area contributed by atoms with Crippen LogP contribution in [0.4, 0.5) is 0 Å². The van der Waals surface area contributed by atoms with Crippen molar-refractivity contribution >= 4 is 11.3 Å². The zero-order valence-electron chi connectivity index (χ0n) is 12.8. The van der Waals surface area contributed by atoms with E-state index in [1.807, 2.05) is 0 Å². The zero-order chi connectivity index (χ0) is 14.7. The first-order chi connectivity index (χ1) is 10.3. The number of hydrogen-bond acceptors (Lipinski definition) is 3. The third-order valence-electron chi connectivity index (χ3n) is 4.54. The predicted molar refractivity (Wildman–Crippen MR) is 89.4 cm³/mol. The van der Waals surface area contributed by atoms with Crippen LogP contribution in [0.1, 0.15) is 47.2 Å². The summed E-state index contributed by atoms with van der Waals surface area (Å²) in [6.45, 7) is 0. The molecular formula is C18H23NOS. The SMILES string of the molecule is CNC(CC1CCCc2ccccc21)c1cc(OC)cs1. The molecule has 2 unspecified atom stereocenters. The standard InChI is InChI=1S/C18H23NOS/c1-19-17(18-11-15(20-2)12-21-18)10-14-8-5-7-13-6-3-4-9-16(13)14/h3-4,6,9,11-12,14,17,19H,5,7-8,10H2,1-2H3. The van der Waals surface area contributed by atoms with E-state index in [0.717, 1.165) is 12.2 Å². The number of benzene rings is 1. The Labute approximate surface area is 131 Å². The normalized spacial score (nSPS) is 19.0. The van der Waals surface area contributed by atoms with Gasteiger partial charge in [-0.1, -0.05) is 24.3 Å². The van der Waals surface area contributed by atoms with Gasteiger partial charge in [0.05, 0.1) is 7.11 Å². The van der Waals surface area contributed by atoms with Gasteiger partial charge in [-0.2, -0.15) is 0 Å². The van der Waals surface area contributed by atoms with Crippen molar-refractivity contribution in [3.05, 3.63) is 51.7 Å². The number of aryl methyl sites for hydroxylation is 1. The summed E-state index contributed by atoms with van der Waals surface area (Å²) in [7, 11) is 3.79. The third kappa shape index (κ3) is 3.14. The second-order valence-electron chi connectivity index (χ2n) is 5.75. The van der Waals surface area contributed by atoms with Crippen LogP contribution < -0.4 is 10.1 Å². The summed E-state index contributed by atoms with van der Waals surface area (Å²) in [6, 6.07) is 11.5. The highest BCUT2D eigenvalue weighted by Crippen LogP contribution is 2.39. The number of nitrogens with one attached hydrogen (secondary N) is 1. The smallest absolute Gasteiger partial charge is 0.129 e. The Morgan fingerprint density at radius 3 is 3.00 bits per heavy atom. The molecule has 1 aliphatic carbocycles. The Morgan fingerprint density at radius 1 is 1.38 bits per heavy atom. The first-order valence-corrected chi connectivity index (χ1v) is 8.57. The van der Waals surface area contributed by atoms with Crippen molar-refractivity contribution in [2.75, 3.05) is 14.2 Å². The molecule has 0 amide bonds. The van der Waals surface area contributed by atoms with Crippen LogP contribution in [0, 0.1) is 0 Å². The minimum Gasteiger partial charge on any atom is -0.496 e. The molecule has 2 nitrogen and oxygen atoms in total. The molecule has 2 atom stereocenters. The summed E-state index contributed by atoms with van der Waals surface area (Å²) in [6.07, 6.45) is 5.02. The van der Waals surface area contributed by atoms with Crippen molar-refractivity contribution in [1.29, 1.82) is 0 Å². The van der Waals surface area contributed by atoms with Crippen molar-refractivity contribution < 1.29 is 4.74 Å². The lowest BCUT2D eigenvalue weighted by Crippen LogP contribution is -2.20. The zero-order valence-corrected chi connectivity index (χ0v) is 13.6. The fraction of sp³-hybridized carbons (Fsp3) is 0.444. The van der Waals surface area contributed by atoms with Crippen LogP contribution in [-0.2, 0) is 6.42 Å². The maximum Gasteiger partial charge on any atom is 0.129 e. The molecule has 112 valence electrons. The number of ether oxygens (including phenoxy) is 1. The van der Waals surface area contributed by atoms with Gasteiger partial charge in [0.25, 0.3) is 0 Å². The molecule has 3 rings (SSSR count). The molecule has 0 radical (unpaired) electrons. The topological polar surface area (TPSA) is 21.3 Å². The molecular weight excluding hydrogens is 278 g/mol. The molecule has 3 heteroatoms. The van der Waals surface area contributed by atoms with Gasteiger partial charge in [-0.15, -0.1) is 11.3 Å². The Balaban J connectivity index is 1.78. The molecule has 0 aliphatic heterocycles. The van der Waals surface area contributed by atoms with Crippen molar-refractivity contribution in [3.8, 4) is 5.75 Å². The van der Waals surface area contributed by atoms with E-state index in [-0.39, 0.29) is 0 Å². The van der Waals surface area contributed by atoms with E-state index < -0.39 is 0 Å². The molecule has 1 aromatic heterocycles. The summed E-state index contributed by atoms with van der Waals surface area (Å²) < 4.78 is 5.32. The molecule has 0 saturated heterocycles. The van der Waals surface area contributed by atoms with E-state index in [9.17, 15) is 0 Å². The first kappa shape index (κ1) is 14.6. The Kier molecular flexibility index (Phi) is 4.61. The predicted octanol–water partition coefficient (Wildman–Crippen LogP) is 4.53. The summed E-state index contributed by atoms with van der Waals surface area (Å²) in [5.41, 5.74) is 3.11. The molecule has 0 saturated carbocycles. The highest BCUT2D eigenvalue weighted by Gasteiger charge is 2.24. The van der Waals surface area contributed by atoms with E-state index in [2.05, 4.69) is 48.1 Å². The van der Waals surface area contributed by atoms with Gasteiger partial charge in [0.1, 0.15) is 5.75 Å². The van der Waals surface area contributed by atoms with Gasteiger partial charge in [0, 0.05) is 16.3 Å². The molecule has 1 heterocycles. The number of methoxy groups -OCH3 is 1. The Hall–Kier alpha value is -1.32. The van der Waals surface area contributed by atoms with Gasteiger partial charge in [0.15, 0.2) is 0 Å². The number of rotatable bonds is 5. The quantitative estimate of drug-likeness (QED) is 0.876. The second kappa shape index (κ2) is 6.63. The molecule has 1 aliphatic rings. The fourth-order valence-corrected chi connectivity index (χ4v) is 4.36. The van der Waals surface area contributed by atoms with E-state index in [1.54, 1.807) is 29.6 Å². The lowest BCUT2D eigenvalue weighted by Gasteiger charge is -2.28. The maximum absolute atomic E-state index is 5.32. The molecule has 0 bridgehead atoms. The van der Waals surface area contributed by atoms with Crippen LogP contribution in [0.3, 0.4) is 0 Å². The molecule has 0 spiro atoms. The summed E-state index contributed by atoms with van der Waals surface area (Å²) in [4.78, 5) is 1.37. The molecule has 0 fully saturated rings. The average Bonchev–Trinajstić information content (AvgIpc) is 3.01. The maximum atomic E-state index is 5.32. The number of thiophene rings is 1.